The largest absolute Gasteiger partial charge is 0.495 e. The molecule has 1 aromatic carbocycles. The summed E-state index contributed by atoms with van der Waals surface area (Å²) in [4.78, 5) is 29.2. The fourth-order valence-electron chi connectivity index (χ4n) is 3.13. The number of hydrogen-bond acceptors (Lipinski definition) is 5. The number of nitrogens with zero attached hydrogens (tertiary/aromatic N) is 2. The highest BCUT2D eigenvalue weighted by Gasteiger charge is 2.35. The van der Waals surface area contributed by atoms with E-state index in [0.29, 0.717) is 62.3 Å². The van der Waals surface area contributed by atoms with Gasteiger partial charge in [-0.05, 0) is 18.2 Å². The van der Waals surface area contributed by atoms with Gasteiger partial charge in [0.25, 0.3) is 5.91 Å². The van der Waals surface area contributed by atoms with Gasteiger partial charge in [0, 0.05) is 38.3 Å². The Morgan fingerprint density at radius 2 is 2.04 bits per heavy atom. The van der Waals surface area contributed by atoms with E-state index >= 15 is 0 Å². The maximum atomic E-state index is 13.0. The summed E-state index contributed by atoms with van der Waals surface area (Å²) in [6, 6.07) is 4.41. The summed E-state index contributed by atoms with van der Waals surface area (Å²) < 4.78 is 10.4. The summed E-state index contributed by atoms with van der Waals surface area (Å²) in [6.07, 6.45) is 0. The molecule has 0 saturated carbocycles. The third-order valence-corrected chi connectivity index (χ3v) is 4.81. The lowest BCUT2D eigenvalue weighted by Crippen LogP contribution is -2.61. The van der Waals surface area contributed by atoms with Gasteiger partial charge in [-0.2, -0.15) is 0 Å². The maximum absolute atomic E-state index is 13.0. The zero-order valence-corrected chi connectivity index (χ0v) is 14.9. The van der Waals surface area contributed by atoms with E-state index in [4.69, 9.17) is 21.1 Å². The van der Waals surface area contributed by atoms with Crippen LogP contribution in [0.15, 0.2) is 18.2 Å². The second-order valence-electron chi connectivity index (χ2n) is 6.01. The monoisotopic (exact) mass is 367 g/mol. The first-order chi connectivity index (χ1) is 12.1. The molecule has 0 unspecified atom stereocenters. The SMILES string of the molecule is COc1ccc(C(=O)N2CCNC[C@@H]2C(=O)N2CCOCC2)cc1Cl. The van der Waals surface area contributed by atoms with Crippen molar-refractivity contribution in [1.29, 1.82) is 0 Å². The van der Waals surface area contributed by atoms with Crippen LogP contribution in [0.4, 0.5) is 0 Å². The van der Waals surface area contributed by atoms with Gasteiger partial charge in [-0.3, -0.25) is 9.59 Å². The molecule has 0 aromatic heterocycles. The van der Waals surface area contributed by atoms with E-state index in [9.17, 15) is 9.59 Å². The molecule has 0 aliphatic carbocycles. The van der Waals surface area contributed by atoms with E-state index in [1.165, 1.54) is 7.11 Å². The smallest absolute Gasteiger partial charge is 0.254 e. The van der Waals surface area contributed by atoms with Crippen LogP contribution in [0, 0.1) is 0 Å². The van der Waals surface area contributed by atoms with Crippen molar-refractivity contribution in [3.05, 3.63) is 28.8 Å². The van der Waals surface area contributed by atoms with E-state index in [1.54, 1.807) is 28.0 Å². The van der Waals surface area contributed by atoms with Gasteiger partial charge in [0.05, 0.1) is 25.3 Å². The van der Waals surface area contributed by atoms with Gasteiger partial charge in [-0.25, -0.2) is 0 Å². The number of carbonyl (C=O) groups excluding carboxylic acids is 2. The van der Waals surface area contributed by atoms with Crippen molar-refractivity contribution in [2.24, 2.45) is 0 Å². The van der Waals surface area contributed by atoms with Crippen molar-refractivity contribution in [3.63, 3.8) is 0 Å². The highest BCUT2D eigenvalue weighted by atomic mass is 35.5. The van der Waals surface area contributed by atoms with Crippen LogP contribution in [0.1, 0.15) is 10.4 Å². The quantitative estimate of drug-likeness (QED) is 0.848. The fraction of sp³-hybridized carbons (Fsp3) is 0.529. The van der Waals surface area contributed by atoms with Crippen molar-refractivity contribution >= 4 is 23.4 Å². The first kappa shape index (κ1) is 18.0. The number of rotatable bonds is 3. The molecule has 1 aromatic rings. The second-order valence-corrected chi connectivity index (χ2v) is 6.41. The lowest BCUT2D eigenvalue weighted by Gasteiger charge is -2.39. The molecule has 2 heterocycles. The maximum Gasteiger partial charge on any atom is 0.254 e. The van der Waals surface area contributed by atoms with Crippen LogP contribution < -0.4 is 10.1 Å². The van der Waals surface area contributed by atoms with Crippen LogP contribution in [0.25, 0.3) is 0 Å². The number of ether oxygens (including phenoxy) is 2. The molecule has 2 fully saturated rings. The van der Waals surface area contributed by atoms with Gasteiger partial charge in [0.15, 0.2) is 0 Å². The van der Waals surface area contributed by atoms with Crippen molar-refractivity contribution in [1.82, 2.24) is 15.1 Å². The average molecular weight is 368 g/mol. The molecule has 7 nitrogen and oxygen atoms in total. The third kappa shape index (κ3) is 3.89. The van der Waals surface area contributed by atoms with Crippen molar-refractivity contribution in [2.45, 2.75) is 6.04 Å². The molecule has 0 spiro atoms. The molecule has 1 N–H and O–H groups in total. The zero-order valence-electron chi connectivity index (χ0n) is 14.2. The Labute approximate surface area is 151 Å². The molecule has 8 heteroatoms. The van der Waals surface area contributed by atoms with Gasteiger partial charge in [0.2, 0.25) is 5.91 Å². The predicted octanol–water partition coefficient (Wildman–Crippen LogP) is 0.621. The van der Waals surface area contributed by atoms with Crippen LogP contribution >= 0.6 is 11.6 Å². The van der Waals surface area contributed by atoms with Gasteiger partial charge in [0.1, 0.15) is 11.8 Å². The fourth-order valence-corrected chi connectivity index (χ4v) is 3.39. The topological polar surface area (TPSA) is 71.1 Å². The molecule has 2 amide bonds. The number of morpholine rings is 1. The standard InChI is InChI=1S/C17H22ClN3O4/c1-24-15-3-2-12(10-13(15)18)16(22)21-5-4-19-11-14(21)17(23)20-6-8-25-9-7-20/h2-3,10,14,19H,4-9,11H2,1H3/t14-/m1/s1. The summed E-state index contributed by atoms with van der Waals surface area (Å²) >= 11 is 6.14. The molecule has 1 atom stereocenters. The molecular weight excluding hydrogens is 346 g/mol. The Morgan fingerprint density at radius 3 is 2.72 bits per heavy atom. The summed E-state index contributed by atoms with van der Waals surface area (Å²) in [5.74, 6) is 0.278. The summed E-state index contributed by atoms with van der Waals surface area (Å²) in [6.45, 7) is 3.77. The lowest BCUT2D eigenvalue weighted by atomic mass is 10.1. The van der Waals surface area contributed by atoms with Crippen LogP contribution in [0.3, 0.4) is 0 Å². The Hall–Kier alpha value is -1.83. The van der Waals surface area contributed by atoms with E-state index in [2.05, 4.69) is 5.32 Å². The van der Waals surface area contributed by atoms with Crippen molar-refractivity contribution < 1.29 is 19.1 Å². The van der Waals surface area contributed by atoms with Gasteiger partial charge in [-0.1, -0.05) is 11.6 Å². The minimum atomic E-state index is -0.514. The number of hydrogen-bond donors (Lipinski definition) is 1. The summed E-state index contributed by atoms with van der Waals surface area (Å²) in [7, 11) is 1.52. The number of methoxy groups -OCH3 is 1. The van der Waals surface area contributed by atoms with Crippen LogP contribution in [0.2, 0.25) is 5.02 Å². The number of halogens is 1. The number of amides is 2. The van der Waals surface area contributed by atoms with Crippen molar-refractivity contribution in [2.75, 3.05) is 53.0 Å². The Bertz CT molecular complexity index is 649. The summed E-state index contributed by atoms with van der Waals surface area (Å²) in [5.41, 5.74) is 0.451. The van der Waals surface area contributed by atoms with Crippen LogP contribution in [-0.4, -0.2) is 80.7 Å². The number of carbonyl (C=O) groups is 2. The van der Waals surface area contributed by atoms with E-state index in [1.807, 2.05) is 0 Å². The molecule has 3 rings (SSSR count). The highest BCUT2D eigenvalue weighted by molar-refractivity contribution is 6.32. The van der Waals surface area contributed by atoms with Gasteiger partial charge in [-0.15, -0.1) is 0 Å². The van der Waals surface area contributed by atoms with Gasteiger partial charge >= 0.3 is 0 Å². The van der Waals surface area contributed by atoms with Crippen molar-refractivity contribution in [3.8, 4) is 5.75 Å². The van der Waals surface area contributed by atoms with E-state index in [-0.39, 0.29) is 11.8 Å². The molecule has 2 aliphatic heterocycles. The minimum Gasteiger partial charge on any atom is -0.495 e. The molecule has 25 heavy (non-hydrogen) atoms. The average Bonchev–Trinajstić information content (AvgIpc) is 2.67. The normalized spacial score (nSPS) is 21.1. The molecule has 136 valence electrons. The highest BCUT2D eigenvalue weighted by Crippen LogP contribution is 2.26. The molecule has 0 radical (unpaired) electrons. The lowest BCUT2D eigenvalue weighted by molar-refractivity contribution is -0.140. The third-order valence-electron chi connectivity index (χ3n) is 4.51. The first-order valence-corrected chi connectivity index (χ1v) is 8.71. The number of nitrogens with one attached hydrogen (secondary N) is 1. The van der Waals surface area contributed by atoms with Crippen LogP contribution in [-0.2, 0) is 9.53 Å². The van der Waals surface area contributed by atoms with Crippen LogP contribution in [0.5, 0.6) is 5.75 Å². The Kier molecular flexibility index (Phi) is 5.78. The number of benzene rings is 1. The predicted molar refractivity (Wildman–Crippen MR) is 93.1 cm³/mol. The van der Waals surface area contributed by atoms with E-state index in [0.717, 1.165) is 0 Å². The second kappa shape index (κ2) is 8.03. The minimum absolute atomic E-state index is 0.0385. The van der Waals surface area contributed by atoms with Gasteiger partial charge < -0.3 is 24.6 Å². The Balaban J connectivity index is 1.78. The number of piperazine rings is 1. The zero-order chi connectivity index (χ0) is 17.8. The Morgan fingerprint density at radius 1 is 1.28 bits per heavy atom. The molecule has 2 aliphatic rings. The first-order valence-electron chi connectivity index (χ1n) is 8.33. The molecular formula is C17H22ClN3O4. The molecule has 2 saturated heterocycles. The van der Waals surface area contributed by atoms with E-state index < -0.39 is 6.04 Å². The summed E-state index contributed by atoms with van der Waals surface area (Å²) in [5, 5.41) is 3.58. The molecule has 0 bridgehead atoms.